The van der Waals surface area contributed by atoms with Gasteiger partial charge in [0, 0.05) is 24.0 Å². The number of benzene rings is 1. The molecule has 2 heterocycles. The molecule has 6 heteroatoms. The van der Waals surface area contributed by atoms with Gasteiger partial charge in [-0.15, -0.1) is 0 Å². The fourth-order valence-electron chi connectivity index (χ4n) is 2.43. The second-order valence-electron chi connectivity index (χ2n) is 6.45. The molecule has 0 bridgehead atoms. The molecule has 0 saturated heterocycles. The van der Waals surface area contributed by atoms with E-state index in [0.717, 1.165) is 17.8 Å². The SMILES string of the molecule is CN(C)Cc1ccc(-c2noc(C(C)(C)c3cnc[nH]3)n2)cc1. The van der Waals surface area contributed by atoms with Crippen LogP contribution in [0, 0.1) is 0 Å². The van der Waals surface area contributed by atoms with Gasteiger partial charge in [0.25, 0.3) is 0 Å². The van der Waals surface area contributed by atoms with Gasteiger partial charge in [0.15, 0.2) is 0 Å². The van der Waals surface area contributed by atoms with Crippen LogP contribution in [0.2, 0.25) is 0 Å². The first-order valence-electron chi connectivity index (χ1n) is 7.54. The lowest BCUT2D eigenvalue weighted by Crippen LogP contribution is -2.19. The number of hydrogen-bond acceptors (Lipinski definition) is 5. The minimum atomic E-state index is -0.410. The van der Waals surface area contributed by atoms with Crippen LogP contribution in [0.3, 0.4) is 0 Å². The normalized spacial score (nSPS) is 12.0. The van der Waals surface area contributed by atoms with Crippen molar-refractivity contribution in [2.75, 3.05) is 14.1 Å². The number of nitrogens with zero attached hydrogens (tertiary/aromatic N) is 4. The summed E-state index contributed by atoms with van der Waals surface area (Å²) in [5.41, 5.74) is 2.73. The van der Waals surface area contributed by atoms with Crippen LogP contribution in [0.4, 0.5) is 0 Å². The Morgan fingerprint density at radius 2 is 1.91 bits per heavy atom. The Morgan fingerprint density at radius 3 is 2.52 bits per heavy atom. The zero-order chi connectivity index (χ0) is 16.4. The summed E-state index contributed by atoms with van der Waals surface area (Å²) in [6.45, 7) is 4.96. The third kappa shape index (κ3) is 3.17. The van der Waals surface area contributed by atoms with Crippen LogP contribution in [0.15, 0.2) is 41.3 Å². The van der Waals surface area contributed by atoms with Crippen molar-refractivity contribution >= 4 is 0 Å². The van der Waals surface area contributed by atoms with E-state index in [-0.39, 0.29) is 0 Å². The predicted octanol–water partition coefficient (Wildman–Crippen LogP) is 2.85. The summed E-state index contributed by atoms with van der Waals surface area (Å²) in [4.78, 5) is 13.9. The Morgan fingerprint density at radius 1 is 1.17 bits per heavy atom. The molecule has 0 aliphatic carbocycles. The van der Waals surface area contributed by atoms with Gasteiger partial charge in [-0.1, -0.05) is 29.4 Å². The van der Waals surface area contributed by atoms with Crippen molar-refractivity contribution in [2.24, 2.45) is 0 Å². The highest BCUT2D eigenvalue weighted by atomic mass is 16.5. The molecule has 0 spiro atoms. The standard InChI is InChI=1S/C17H21N5O/c1-17(2,14-9-18-11-19-14)16-20-15(21-23-16)13-7-5-12(6-8-13)10-22(3)4/h5-9,11H,10H2,1-4H3,(H,18,19). The van der Waals surface area contributed by atoms with E-state index < -0.39 is 5.41 Å². The monoisotopic (exact) mass is 311 g/mol. The van der Waals surface area contributed by atoms with E-state index in [1.54, 1.807) is 12.5 Å². The Hall–Kier alpha value is -2.47. The van der Waals surface area contributed by atoms with Gasteiger partial charge in [-0.05, 0) is 33.5 Å². The average molecular weight is 311 g/mol. The summed E-state index contributed by atoms with van der Waals surface area (Å²) < 4.78 is 5.49. The Bertz CT molecular complexity index is 757. The van der Waals surface area contributed by atoms with Crippen LogP contribution >= 0.6 is 0 Å². The van der Waals surface area contributed by atoms with Gasteiger partial charge in [0.05, 0.1) is 11.7 Å². The molecule has 3 rings (SSSR count). The van der Waals surface area contributed by atoms with Gasteiger partial charge in [-0.3, -0.25) is 0 Å². The highest BCUT2D eigenvalue weighted by Gasteiger charge is 2.31. The number of nitrogens with one attached hydrogen (secondary N) is 1. The Kier molecular flexibility index (Phi) is 4.00. The number of rotatable bonds is 5. The molecular formula is C17H21N5O. The number of imidazole rings is 1. The number of aromatic amines is 1. The van der Waals surface area contributed by atoms with Crippen LogP contribution in [-0.4, -0.2) is 39.1 Å². The van der Waals surface area contributed by atoms with Gasteiger partial charge < -0.3 is 14.4 Å². The zero-order valence-electron chi connectivity index (χ0n) is 13.9. The largest absolute Gasteiger partial charge is 0.348 e. The molecule has 2 aromatic heterocycles. The van der Waals surface area contributed by atoms with Crippen LogP contribution in [0.1, 0.15) is 31.0 Å². The molecule has 0 atom stereocenters. The van der Waals surface area contributed by atoms with E-state index in [2.05, 4.69) is 51.2 Å². The molecule has 3 aromatic rings. The molecule has 120 valence electrons. The molecule has 1 aromatic carbocycles. The second-order valence-corrected chi connectivity index (χ2v) is 6.45. The van der Waals surface area contributed by atoms with Gasteiger partial charge in [-0.2, -0.15) is 4.98 Å². The highest BCUT2D eigenvalue weighted by Crippen LogP contribution is 2.30. The zero-order valence-corrected chi connectivity index (χ0v) is 13.9. The van der Waals surface area contributed by atoms with Crippen LogP contribution in [-0.2, 0) is 12.0 Å². The van der Waals surface area contributed by atoms with Gasteiger partial charge >= 0.3 is 0 Å². The maximum absolute atomic E-state index is 5.49. The maximum Gasteiger partial charge on any atom is 0.238 e. The van der Waals surface area contributed by atoms with E-state index in [0.29, 0.717) is 11.7 Å². The van der Waals surface area contributed by atoms with Crippen molar-refractivity contribution in [3.63, 3.8) is 0 Å². The lowest BCUT2D eigenvalue weighted by atomic mass is 9.90. The fraction of sp³-hybridized carbons (Fsp3) is 0.353. The minimum absolute atomic E-state index is 0.410. The van der Waals surface area contributed by atoms with Crippen molar-refractivity contribution < 1.29 is 4.52 Å². The number of hydrogen-bond donors (Lipinski definition) is 1. The number of aromatic nitrogens is 4. The van der Waals surface area contributed by atoms with Crippen molar-refractivity contribution in [1.82, 2.24) is 25.0 Å². The summed E-state index contributed by atoms with van der Waals surface area (Å²) in [5.74, 6) is 1.16. The quantitative estimate of drug-likeness (QED) is 0.784. The lowest BCUT2D eigenvalue weighted by Gasteiger charge is -2.17. The van der Waals surface area contributed by atoms with E-state index in [9.17, 15) is 0 Å². The van der Waals surface area contributed by atoms with Gasteiger partial charge in [0.1, 0.15) is 0 Å². The first kappa shape index (κ1) is 15.4. The second kappa shape index (κ2) is 5.96. The Labute approximate surface area is 135 Å². The summed E-state index contributed by atoms with van der Waals surface area (Å²) in [7, 11) is 4.10. The third-order valence-electron chi connectivity index (χ3n) is 3.84. The Balaban J connectivity index is 1.84. The highest BCUT2D eigenvalue weighted by molar-refractivity contribution is 5.54. The van der Waals surface area contributed by atoms with E-state index >= 15 is 0 Å². The van der Waals surface area contributed by atoms with E-state index in [4.69, 9.17) is 4.52 Å². The number of H-pyrrole nitrogens is 1. The summed E-state index contributed by atoms with van der Waals surface area (Å²) in [6, 6.07) is 8.23. The van der Waals surface area contributed by atoms with Crippen molar-refractivity contribution in [3.8, 4) is 11.4 Å². The van der Waals surface area contributed by atoms with Crippen molar-refractivity contribution in [1.29, 1.82) is 0 Å². The van der Waals surface area contributed by atoms with Crippen molar-refractivity contribution in [3.05, 3.63) is 53.9 Å². The van der Waals surface area contributed by atoms with Crippen molar-refractivity contribution in [2.45, 2.75) is 25.8 Å². The topological polar surface area (TPSA) is 70.8 Å². The fourth-order valence-corrected chi connectivity index (χ4v) is 2.43. The molecule has 23 heavy (non-hydrogen) atoms. The molecule has 0 aliphatic heterocycles. The first-order chi connectivity index (χ1) is 11.0. The smallest absolute Gasteiger partial charge is 0.238 e. The molecule has 0 unspecified atom stereocenters. The maximum atomic E-state index is 5.49. The molecule has 1 N–H and O–H groups in total. The lowest BCUT2D eigenvalue weighted by molar-refractivity contribution is 0.330. The van der Waals surface area contributed by atoms with E-state index in [1.807, 2.05) is 26.0 Å². The summed E-state index contributed by atoms with van der Waals surface area (Å²) in [6.07, 6.45) is 3.43. The minimum Gasteiger partial charge on any atom is -0.348 e. The van der Waals surface area contributed by atoms with Gasteiger partial charge in [-0.25, -0.2) is 4.98 Å². The molecule has 0 fully saturated rings. The average Bonchev–Trinajstić information content (AvgIpc) is 3.20. The molecular weight excluding hydrogens is 290 g/mol. The molecule has 0 aliphatic rings. The molecule has 6 nitrogen and oxygen atoms in total. The van der Waals surface area contributed by atoms with Crippen LogP contribution in [0.25, 0.3) is 11.4 Å². The third-order valence-corrected chi connectivity index (χ3v) is 3.84. The summed E-state index contributed by atoms with van der Waals surface area (Å²) >= 11 is 0. The summed E-state index contributed by atoms with van der Waals surface area (Å²) in [5, 5.41) is 4.12. The molecule has 0 radical (unpaired) electrons. The molecule has 0 saturated carbocycles. The first-order valence-corrected chi connectivity index (χ1v) is 7.54. The van der Waals surface area contributed by atoms with Crippen LogP contribution < -0.4 is 0 Å². The predicted molar refractivity (Wildman–Crippen MR) is 87.8 cm³/mol. The molecule has 0 amide bonds. The van der Waals surface area contributed by atoms with E-state index in [1.165, 1.54) is 5.56 Å². The van der Waals surface area contributed by atoms with Gasteiger partial charge in [0.2, 0.25) is 11.7 Å². The van der Waals surface area contributed by atoms with Crippen LogP contribution in [0.5, 0.6) is 0 Å².